The summed E-state index contributed by atoms with van der Waals surface area (Å²) < 4.78 is 6.93. The number of rotatable bonds is 5. The van der Waals surface area contributed by atoms with E-state index in [1.807, 2.05) is 37.4 Å². The molecule has 146 valence electrons. The van der Waals surface area contributed by atoms with Crippen LogP contribution in [0.3, 0.4) is 0 Å². The highest BCUT2D eigenvalue weighted by Crippen LogP contribution is 2.39. The van der Waals surface area contributed by atoms with Gasteiger partial charge < -0.3 is 15.2 Å². The number of nitrogens with zero attached hydrogens (tertiary/aromatic N) is 2. The van der Waals surface area contributed by atoms with Crippen LogP contribution in [-0.4, -0.2) is 28.0 Å². The van der Waals surface area contributed by atoms with Crippen LogP contribution in [0.4, 0.5) is 11.5 Å². The van der Waals surface area contributed by atoms with Crippen LogP contribution in [0.25, 0.3) is 11.1 Å². The average Bonchev–Trinajstić information content (AvgIpc) is 2.99. The van der Waals surface area contributed by atoms with Crippen molar-refractivity contribution in [3.8, 4) is 16.9 Å². The molecule has 0 atom stereocenters. The number of anilines is 2. The molecule has 6 nitrogen and oxygen atoms in total. The van der Waals surface area contributed by atoms with Gasteiger partial charge in [0.15, 0.2) is 0 Å². The van der Waals surface area contributed by atoms with Gasteiger partial charge >= 0.3 is 5.97 Å². The lowest BCUT2D eigenvalue weighted by atomic mass is 9.87. The monoisotopic (exact) mass is 379 g/mol. The summed E-state index contributed by atoms with van der Waals surface area (Å²) in [4.78, 5) is 11.8. The minimum absolute atomic E-state index is 0.136. The van der Waals surface area contributed by atoms with Crippen molar-refractivity contribution in [2.75, 3.05) is 12.4 Å². The molecule has 0 radical (unpaired) electrons. The van der Waals surface area contributed by atoms with Gasteiger partial charge in [0.1, 0.15) is 11.6 Å². The Morgan fingerprint density at radius 3 is 2.39 bits per heavy atom. The van der Waals surface area contributed by atoms with Gasteiger partial charge in [0, 0.05) is 18.0 Å². The fraction of sp³-hybridized carbons (Fsp3) is 0.273. The highest BCUT2D eigenvalue weighted by atomic mass is 16.5. The maximum atomic E-state index is 11.8. The van der Waals surface area contributed by atoms with Crippen molar-refractivity contribution in [2.45, 2.75) is 26.2 Å². The van der Waals surface area contributed by atoms with Gasteiger partial charge in [-0.15, -0.1) is 0 Å². The molecule has 6 heteroatoms. The van der Waals surface area contributed by atoms with E-state index < -0.39 is 5.97 Å². The van der Waals surface area contributed by atoms with Crippen LogP contribution in [0.5, 0.6) is 5.75 Å². The molecule has 2 N–H and O–H groups in total. The van der Waals surface area contributed by atoms with Gasteiger partial charge in [0.2, 0.25) is 0 Å². The smallest absolute Gasteiger partial charge is 0.337 e. The third-order valence-corrected chi connectivity index (χ3v) is 4.53. The van der Waals surface area contributed by atoms with Gasteiger partial charge in [-0.2, -0.15) is 5.10 Å². The largest absolute Gasteiger partial charge is 0.497 e. The molecule has 1 aromatic heterocycles. The van der Waals surface area contributed by atoms with Crippen LogP contribution in [0.15, 0.2) is 48.5 Å². The zero-order valence-electron chi connectivity index (χ0n) is 16.8. The molecule has 3 rings (SSSR count). The maximum absolute atomic E-state index is 11.8. The molecule has 0 aliphatic rings. The SMILES string of the molecule is COc1ccc(Nc2c(-c3ccccc3)c(C(C)(C)C)nn2C)c(C(=O)O)c1. The van der Waals surface area contributed by atoms with Crippen molar-refractivity contribution in [1.82, 2.24) is 9.78 Å². The molecule has 0 spiro atoms. The van der Waals surface area contributed by atoms with E-state index in [1.54, 1.807) is 16.8 Å². The number of carboxylic acid groups (broad SMARTS) is 1. The summed E-state index contributed by atoms with van der Waals surface area (Å²) in [6.45, 7) is 6.34. The first-order valence-corrected chi connectivity index (χ1v) is 9.03. The van der Waals surface area contributed by atoms with Gasteiger partial charge in [0.25, 0.3) is 0 Å². The van der Waals surface area contributed by atoms with Crippen molar-refractivity contribution >= 4 is 17.5 Å². The highest BCUT2D eigenvalue weighted by molar-refractivity contribution is 5.96. The number of carbonyl (C=O) groups is 1. The first-order chi connectivity index (χ1) is 13.2. The second kappa shape index (κ2) is 7.38. The molecule has 2 aromatic carbocycles. The number of nitrogens with one attached hydrogen (secondary N) is 1. The van der Waals surface area contributed by atoms with Gasteiger partial charge in [-0.25, -0.2) is 4.79 Å². The van der Waals surface area contributed by atoms with E-state index in [0.717, 1.165) is 22.6 Å². The standard InChI is InChI=1S/C22H25N3O3/c1-22(2,3)19-18(14-9-7-6-8-10-14)20(25(4)24-19)23-17-12-11-15(28-5)13-16(17)21(26)27/h6-13,23H,1-5H3,(H,26,27). The van der Waals surface area contributed by atoms with E-state index in [0.29, 0.717) is 11.4 Å². The molecule has 28 heavy (non-hydrogen) atoms. The number of methoxy groups -OCH3 is 1. The second-order valence-electron chi connectivity index (χ2n) is 7.65. The number of hydrogen-bond donors (Lipinski definition) is 2. The van der Waals surface area contributed by atoms with E-state index in [2.05, 4.69) is 26.1 Å². The zero-order valence-corrected chi connectivity index (χ0v) is 16.8. The third kappa shape index (κ3) is 3.71. The van der Waals surface area contributed by atoms with E-state index >= 15 is 0 Å². The molecule has 0 saturated carbocycles. The van der Waals surface area contributed by atoms with Crippen molar-refractivity contribution < 1.29 is 14.6 Å². The minimum atomic E-state index is -1.03. The lowest BCUT2D eigenvalue weighted by molar-refractivity contribution is 0.0697. The van der Waals surface area contributed by atoms with Gasteiger partial charge in [-0.05, 0) is 23.8 Å². The molecule has 0 amide bonds. The van der Waals surface area contributed by atoms with Crippen LogP contribution >= 0.6 is 0 Å². The van der Waals surface area contributed by atoms with Crippen molar-refractivity contribution in [1.29, 1.82) is 0 Å². The Balaban J connectivity index is 2.19. The van der Waals surface area contributed by atoms with E-state index in [-0.39, 0.29) is 11.0 Å². The Hall–Kier alpha value is -3.28. The molecule has 0 unspecified atom stereocenters. The number of hydrogen-bond acceptors (Lipinski definition) is 4. The average molecular weight is 379 g/mol. The number of aromatic carboxylic acids is 1. The molecular weight excluding hydrogens is 354 g/mol. The van der Waals surface area contributed by atoms with Crippen molar-refractivity contribution in [2.24, 2.45) is 7.05 Å². The third-order valence-electron chi connectivity index (χ3n) is 4.53. The van der Waals surface area contributed by atoms with Gasteiger partial charge in [-0.3, -0.25) is 4.68 Å². The number of aryl methyl sites for hydroxylation is 1. The molecule has 1 heterocycles. The first kappa shape index (κ1) is 19.5. The van der Waals surface area contributed by atoms with E-state index in [9.17, 15) is 9.90 Å². The van der Waals surface area contributed by atoms with Gasteiger partial charge in [-0.1, -0.05) is 51.1 Å². The molecule has 3 aromatic rings. The van der Waals surface area contributed by atoms with E-state index in [4.69, 9.17) is 9.84 Å². The number of benzene rings is 2. The fourth-order valence-electron chi connectivity index (χ4n) is 3.13. The number of carboxylic acids is 1. The first-order valence-electron chi connectivity index (χ1n) is 9.03. The topological polar surface area (TPSA) is 76.4 Å². The van der Waals surface area contributed by atoms with E-state index in [1.165, 1.54) is 13.2 Å². The van der Waals surface area contributed by atoms with Gasteiger partial charge in [0.05, 0.1) is 24.1 Å². The molecule has 0 bridgehead atoms. The predicted molar refractivity (Wildman–Crippen MR) is 111 cm³/mol. The molecule has 0 saturated heterocycles. The summed E-state index contributed by atoms with van der Waals surface area (Å²) in [5.41, 5.74) is 3.36. The lowest BCUT2D eigenvalue weighted by Crippen LogP contribution is -2.13. The Morgan fingerprint density at radius 2 is 1.82 bits per heavy atom. The minimum Gasteiger partial charge on any atom is -0.497 e. The van der Waals surface area contributed by atoms with Crippen LogP contribution in [0.1, 0.15) is 36.8 Å². The quantitative estimate of drug-likeness (QED) is 0.664. The summed E-state index contributed by atoms with van der Waals surface area (Å²) in [6.07, 6.45) is 0. The van der Waals surface area contributed by atoms with Crippen LogP contribution in [0, 0.1) is 0 Å². The van der Waals surface area contributed by atoms with Crippen LogP contribution < -0.4 is 10.1 Å². The number of ether oxygens (including phenoxy) is 1. The predicted octanol–water partition coefficient (Wildman–Crippen LogP) is 4.84. The fourth-order valence-corrected chi connectivity index (χ4v) is 3.13. The van der Waals surface area contributed by atoms with Crippen molar-refractivity contribution in [3.05, 3.63) is 59.8 Å². The summed E-state index contributed by atoms with van der Waals surface area (Å²) in [5.74, 6) is 0.205. The summed E-state index contributed by atoms with van der Waals surface area (Å²) in [6, 6.07) is 14.9. The zero-order chi connectivity index (χ0) is 20.5. The van der Waals surface area contributed by atoms with Crippen molar-refractivity contribution in [3.63, 3.8) is 0 Å². The number of aromatic nitrogens is 2. The van der Waals surface area contributed by atoms with Crippen LogP contribution in [-0.2, 0) is 12.5 Å². The molecule has 0 aliphatic carbocycles. The second-order valence-corrected chi connectivity index (χ2v) is 7.65. The van der Waals surface area contributed by atoms with Crippen LogP contribution in [0.2, 0.25) is 0 Å². The molecule has 0 aliphatic heterocycles. The Kier molecular flexibility index (Phi) is 5.14. The molecular formula is C22H25N3O3. The highest BCUT2D eigenvalue weighted by Gasteiger charge is 2.27. The Bertz CT molecular complexity index is 1000. The summed E-state index contributed by atoms with van der Waals surface area (Å²) >= 11 is 0. The summed E-state index contributed by atoms with van der Waals surface area (Å²) in [5, 5.41) is 17.7. The Morgan fingerprint density at radius 1 is 1.14 bits per heavy atom. The normalized spacial score (nSPS) is 11.3. The Labute approximate surface area is 164 Å². The molecule has 0 fully saturated rings. The maximum Gasteiger partial charge on any atom is 0.337 e. The lowest BCUT2D eigenvalue weighted by Gasteiger charge is -2.18. The summed E-state index contributed by atoms with van der Waals surface area (Å²) in [7, 11) is 3.37.